The molecule has 2 aromatic carbocycles. The molecule has 0 saturated carbocycles. The number of fused-ring (bicyclic) bond motifs is 1. The number of ether oxygens (including phenoxy) is 2. The number of aryl methyl sites for hydroxylation is 1. The molecule has 0 spiro atoms. The van der Waals surface area contributed by atoms with Crippen molar-refractivity contribution in [2.45, 2.75) is 0 Å². The number of aromatic amines is 1. The lowest BCUT2D eigenvalue weighted by atomic mass is 10.0. The summed E-state index contributed by atoms with van der Waals surface area (Å²) < 4.78 is 12.3. The Morgan fingerprint density at radius 2 is 1.78 bits per heavy atom. The number of carbonyl (C=O) groups excluding carboxylic acids is 2. The minimum Gasteiger partial charge on any atom is -0.497 e. The van der Waals surface area contributed by atoms with E-state index in [4.69, 9.17) is 9.47 Å². The first-order chi connectivity index (χ1) is 18.0. The predicted molar refractivity (Wildman–Crippen MR) is 141 cm³/mol. The van der Waals surface area contributed by atoms with Crippen LogP contribution < -0.4 is 20.1 Å². The third kappa shape index (κ3) is 4.72. The van der Waals surface area contributed by atoms with E-state index < -0.39 is 0 Å². The molecule has 5 aromatic rings. The van der Waals surface area contributed by atoms with Gasteiger partial charge in [0.15, 0.2) is 5.78 Å². The van der Waals surface area contributed by atoms with Crippen LogP contribution in [0, 0.1) is 0 Å². The highest BCUT2D eigenvalue weighted by Crippen LogP contribution is 2.31. The zero-order valence-electron chi connectivity index (χ0n) is 20.4. The van der Waals surface area contributed by atoms with Gasteiger partial charge in [0.25, 0.3) is 0 Å². The van der Waals surface area contributed by atoms with Gasteiger partial charge >= 0.3 is 0 Å². The fourth-order valence-electron chi connectivity index (χ4n) is 4.06. The molecule has 10 heteroatoms. The average molecular weight is 497 g/mol. The number of benzene rings is 2. The number of rotatable bonds is 9. The van der Waals surface area contributed by atoms with Crippen molar-refractivity contribution < 1.29 is 19.1 Å². The van der Waals surface area contributed by atoms with Crippen molar-refractivity contribution in [3.05, 3.63) is 78.1 Å². The smallest absolute Gasteiger partial charge is 0.211 e. The maximum Gasteiger partial charge on any atom is 0.211 e. The van der Waals surface area contributed by atoms with E-state index in [9.17, 15) is 9.59 Å². The van der Waals surface area contributed by atoms with Gasteiger partial charge in [-0.2, -0.15) is 5.10 Å². The van der Waals surface area contributed by atoms with Gasteiger partial charge in [-0.3, -0.25) is 14.3 Å². The number of nitrogens with one attached hydrogen (secondary N) is 3. The maximum atomic E-state index is 13.3. The van der Waals surface area contributed by atoms with Gasteiger partial charge in [-0.15, -0.1) is 0 Å². The van der Waals surface area contributed by atoms with Crippen LogP contribution in [0.15, 0.2) is 67.0 Å². The number of pyridine rings is 1. The average Bonchev–Trinajstić information content (AvgIpc) is 3.55. The van der Waals surface area contributed by atoms with E-state index >= 15 is 0 Å². The summed E-state index contributed by atoms with van der Waals surface area (Å²) >= 11 is 0. The molecular formula is C27H24N6O4. The number of anilines is 3. The van der Waals surface area contributed by atoms with E-state index in [2.05, 4.69) is 25.7 Å². The summed E-state index contributed by atoms with van der Waals surface area (Å²) in [7, 11) is 4.92. The van der Waals surface area contributed by atoms with E-state index in [0.29, 0.717) is 57.3 Å². The zero-order chi connectivity index (χ0) is 25.9. The van der Waals surface area contributed by atoms with Crippen molar-refractivity contribution >= 4 is 40.4 Å². The van der Waals surface area contributed by atoms with Gasteiger partial charge in [-0.25, -0.2) is 4.98 Å². The largest absolute Gasteiger partial charge is 0.497 e. The molecule has 0 aliphatic heterocycles. The number of hydrogen-bond donors (Lipinski definition) is 3. The van der Waals surface area contributed by atoms with E-state index in [-0.39, 0.29) is 5.78 Å². The normalized spacial score (nSPS) is 10.8. The van der Waals surface area contributed by atoms with Gasteiger partial charge in [-0.1, -0.05) is 6.07 Å². The second-order valence-electron chi connectivity index (χ2n) is 8.25. The molecule has 0 unspecified atom stereocenters. The highest BCUT2D eigenvalue weighted by atomic mass is 16.5. The minimum atomic E-state index is -0.187. The van der Waals surface area contributed by atoms with Crippen LogP contribution >= 0.6 is 0 Å². The Morgan fingerprint density at radius 3 is 2.46 bits per heavy atom. The first-order valence-electron chi connectivity index (χ1n) is 11.4. The molecule has 3 heterocycles. The first-order valence-corrected chi connectivity index (χ1v) is 11.4. The van der Waals surface area contributed by atoms with E-state index in [1.807, 2.05) is 43.6 Å². The summed E-state index contributed by atoms with van der Waals surface area (Å²) in [5, 5.41) is 11.1. The molecule has 0 radical (unpaired) electrons. The third-order valence-electron chi connectivity index (χ3n) is 5.90. The summed E-state index contributed by atoms with van der Waals surface area (Å²) in [6.07, 6.45) is 4.11. The maximum absolute atomic E-state index is 13.3. The Balaban J connectivity index is 1.44. The van der Waals surface area contributed by atoms with Gasteiger partial charge in [0, 0.05) is 47.6 Å². The monoisotopic (exact) mass is 496 g/mol. The van der Waals surface area contributed by atoms with Crippen molar-refractivity contribution in [2.24, 2.45) is 7.05 Å². The number of nitrogens with zero attached hydrogens (tertiary/aromatic N) is 3. The molecule has 5 rings (SSSR count). The second kappa shape index (κ2) is 9.86. The summed E-state index contributed by atoms with van der Waals surface area (Å²) in [5.41, 5.74) is 4.35. The number of carbonyl (C=O) groups is 2. The van der Waals surface area contributed by atoms with Crippen LogP contribution in [0.4, 0.5) is 17.2 Å². The SMILES string of the molecule is COc1cc(OC)cc(C(=O)c2c[nH]c3nc(Nc4ccc(-c5ccn(C)n5)cc4NC=O)ccc23)c1. The predicted octanol–water partition coefficient (Wildman–Crippen LogP) is 4.52. The van der Waals surface area contributed by atoms with Crippen LogP contribution in [0.2, 0.25) is 0 Å². The van der Waals surface area contributed by atoms with E-state index in [1.165, 1.54) is 14.2 Å². The Bertz CT molecular complexity index is 1600. The van der Waals surface area contributed by atoms with Crippen molar-refractivity contribution in [3.63, 3.8) is 0 Å². The molecule has 1 amide bonds. The van der Waals surface area contributed by atoms with Crippen molar-refractivity contribution in [3.8, 4) is 22.8 Å². The molecule has 37 heavy (non-hydrogen) atoms. The molecule has 3 N–H and O–H groups in total. The molecule has 3 aromatic heterocycles. The topological polar surface area (TPSA) is 123 Å². The van der Waals surface area contributed by atoms with Crippen LogP contribution in [0.5, 0.6) is 11.5 Å². The van der Waals surface area contributed by atoms with Crippen LogP contribution in [0.25, 0.3) is 22.3 Å². The highest BCUT2D eigenvalue weighted by molar-refractivity contribution is 6.16. The molecule has 0 atom stereocenters. The lowest BCUT2D eigenvalue weighted by molar-refractivity contribution is -0.105. The van der Waals surface area contributed by atoms with Gasteiger partial charge in [0.1, 0.15) is 23.0 Å². The quantitative estimate of drug-likeness (QED) is 0.202. The van der Waals surface area contributed by atoms with Gasteiger partial charge < -0.3 is 25.1 Å². The van der Waals surface area contributed by atoms with Crippen LogP contribution in [0.1, 0.15) is 15.9 Å². The molecule has 186 valence electrons. The number of amides is 1. The van der Waals surface area contributed by atoms with Crippen molar-refractivity contribution in [2.75, 3.05) is 24.9 Å². The lowest BCUT2D eigenvalue weighted by Crippen LogP contribution is -2.03. The van der Waals surface area contributed by atoms with Crippen LogP contribution in [0.3, 0.4) is 0 Å². The number of H-pyrrole nitrogens is 1. The molecule has 10 nitrogen and oxygen atoms in total. The summed E-state index contributed by atoms with van der Waals surface area (Å²) in [4.78, 5) is 32.2. The molecule has 0 fully saturated rings. The second-order valence-corrected chi connectivity index (χ2v) is 8.25. The Kier molecular flexibility index (Phi) is 6.29. The van der Waals surface area contributed by atoms with Crippen LogP contribution in [-0.4, -0.2) is 46.2 Å². The molecule has 0 aliphatic rings. The molecule has 0 aliphatic carbocycles. The number of aromatic nitrogens is 4. The highest BCUT2D eigenvalue weighted by Gasteiger charge is 2.18. The third-order valence-corrected chi connectivity index (χ3v) is 5.90. The molecule has 0 saturated heterocycles. The standard InChI is InChI=1S/C27H24N6O4/c1-33-9-8-22(32-33)16-4-6-23(24(12-16)29-15-34)30-25-7-5-20-21(14-28-27(20)31-25)26(35)17-10-18(36-2)13-19(11-17)37-3/h4-15H,1-3H3,(H,29,34)(H2,28,30,31). The van der Waals surface area contributed by atoms with Crippen LogP contribution in [-0.2, 0) is 11.8 Å². The van der Waals surface area contributed by atoms with Crippen molar-refractivity contribution in [1.29, 1.82) is 0 Å². The number of hydrogen-bond acceptors (Lipinski definition) is 7. The zero-order valence-corrected chi connectivity index (χ0v) is 20.4. The van der Waals surface area contributed by atoms with Gasteiger partial charge in [0.2, 0.25) is 6.41 Å². The number of methoxy groups -OCH3 is 2. The lowest BCUT2D eigenvalue weighted by Gasteiger charge is -2.12. The first kappa shape index (κ1) is 23.6. The summed E-state index contributed by atoms with van der Waals surface area (Å²) in [6.45, 7) is 0. The summed E-state index contributed by atoms with van der Waals surface area (Å²) in [5.74, 6) is 1.41. The Labute approximate surface area is 212 Å². The molecular weight excluding hydrogens is 472 g/mol. The van der Waals surface area contributed by atoms with Crippen molar-refractivity contribution in [1.82, 2.24) is 19.7 Å². The Hall–Kier alpha value is -5.12. The Morgan fingerprint density at radius 1 is 1.00 bits per heavy atom. The summed E-state index contributed by atoms with van der Waals surface area (Å²) in [6, 6.07) is 16.1. The fourth-order valence-corrected chi connectivity index (χ4v) is 4.06. The van der Waals surface area contributed by atoms with Gasteiger partial charge in [0.05, 0.1) is 31.3 Å². The number of ketones is 1. The minimum absolute atomic E-state index is 0.187. The molecule has 0 bridgehead atoms. The fraction of sp³-hybridized carbons (Fsp3) is 0.111. The van der Waals surface area contributed by atoms with E-state index in [1.54, 1.807) is 35.1 Å². The van der Waals surface area contributed by atoms with Gasteiger partial charge in [-0.05, 0) is 42.5 Å². The van der Waals surface area contributed by atoms with E-state index in [0.717, 1.165) is 11.3 Å².